The van der Waals surface area contributed by atoms with E-state index in [1.54, 1.807) is 6.33 Å². The number of aromatic nitrogens is 2. The predicted molar refractivity (Wildman–Crippen MR) is 103 cm³/mol. The summed E-state index contributed by atoms with van der Waals surface area (Å²) < 4.78 is 0. The molecule has 0 spiro atoms. The van der Waals surface area contributed by atoms with Crippen molar-refractivity contribution in [3.8, 4) is 0 Å². The zero-order valence-electron chi connectivity index (χ0n) is 16.0. The fraction of sp³-hybridized carbons (Fsp3) is 0.778. The highest BCUT2D eigenvalue weighted by Crippen LogP contribution is 2.30. The van der Waals surface area contributed by atoms with Gasteiger partial charge in [0.1, 0.15) is 12.0 Å². The molecule has 0 radical (unpaired) electrons. The maximum Gasteiger partial charge on any atom is 0.157 e. The highest BCUT2D eigenvalue weighted by Gasteiger charge is 2.23. The quantitative estimate of drug-likeness (QED) is 0.826. The Labute approximate surface area is 147 Å². The summed E-state index contributed by atoms with van der Waals surface area (Å²) in [5, 5.41) is 0. The number of likely N-dealkylation sites (N-methyl/N-ethyl adjacent to an activating group) is 1. The number of nitrogen functional groups attached to an aromatic ring is 1. The Morgan fingerprint density at radius 1 is 1.04 bits per heavy atom. The van der Waals surface area contributed by atoms with E-state index in [9.17, 15) is 0 Å². The molecule has 0 unspecified atom stereocenters. The lowest BCUT2D eigenvalue weighted by Gasteiger charge is -2.36. The summed E-state index contributed by atoms with van der Waals surface area (Å²) in [5.74, 6) is 2.91. The van der Waals surface area contributed by atoms with E-state index in [1.807, 2.05) is 0 Å². The van der Waals surface area contributed by atoms with Gasteiger partial charge >= 0.3 is 0 Å². The summed E-state index contributed by atoms with van der Waals surface area (Å²) >= 11 is 0. The Morgan fingerprint density at radius 2 is 1.62 bits per heavy atom. The zero-order chi connectivity index (χ0) is 17.7. The Bertz CT molecular complexity index is 498. The van der Waals surface area contributed by atoms with E-state index >= 15 is 0 Å². The topological polar surface area (TPSA) is 61.5 Å². The molecule has 1 aliphatic rings. The molecule has 136 valence electrons. The molecule has 1 aliphatic heterocycles. The number of hydrogen-bond acceptors (Lipinski definition) is 6. The average Bonchev–Trinajstić information content (AvgIpc) is 2.54. The molecule has 1 aromatic heterocycles. The van der Waals surface area contributed by atoms with Crippen LogP contribution in [0.3, 0.4) is 0 Å². The van der Waals surface area contributed by atoms with Crippen molar-refractivity contribution < 1.29 is 0 Å². The van der Waals surface area contributed by atoms with Gasteiger partial charge in [-0.15, -0.1) is 0 Å². The Kier molecular flexibility index (Phi) is 6.66. The lowest BCUT2D eigenvalue weighted by atomic mass is 10.1. The summed E-state index contributed by atoms with van der Waals surface area (Å²) in [6, 6.07) is 0. The van der Waals surface area contributed by atoms with Gasteiger partial charge in [0.05, 0.1) is 0 Å². The number of rotatable bonds is 7. The van der Waals surface area contributed by atoms with E-state index in [0.717, 1.165) is 63.1 Å². The molecule has 1 saturated heterocycles. The number of nitrogens with zero attached hydrogens (tertiary/aromatic N) is 5. The molecule has 6 nitrogen and oxygen atoms in total. The van der Waals surface area contributed by atoms with Crippen LogP contribution in [-0.4, -0.2) is 60.7 Å². The van der Waals surface area contributed by atoms with Crippen molar-refractivity contribution in [3.63, 3.8) is 0 Å². The van der Waals surface area contributed by atoms with E-state index in [4.69, 9.17) is 5.73 Å². The van der Waals surface area contributed by atoms with Crippen LogP contribution in [0, 0.1) is 11.8 Å². The second kappa shape index (κ2) is 8.51. The molecular weight excluding hydrogens is 300 g/mol. The van der Waals surface area contributed by atoms with E-state index in [0.29, 0.717) is 11.8 Å². The minimum atomic E-state index is 0.565. The highest BCUT2D eigenvalue weighted by atomic mass is 15.3. The van der Waals surface area contributed by atoms with Gasteiger partial charge in [-0.2, -0.15) is 0 Å². The van der Waals surface area contributed by atoms with Crippen molar-refractivity contribution >= 4 is 17.3 Å². The number of nitrogens with two attached hydrogens (primary N) is 1. The van der Waals surface area contributed by atoms with Crippen LogP contribution in [0.2, 0.25) is 0 Å². The lowest BCUT2D eigenvalue weighted by Crippen LogP contribution is -2.46. The van der Waals surface area contributed by atoms with Crippen molar-refractivity contribution in [2.24, 2.45) is 11.8 Å². The van der Waals surface area contributed by atoms with E-state index in [-0.39, 0.29) is 0 Å². The molecule has 6 heteroatoms. The monoisotopic (exact) mass is 334 g/mol. The predicted octanol–water partition coefficient (Wildman–Crippen LogP) is 2.32. The van der Waals surface area contributed by atoms with Crippen LogP contribution in [0.5, 0.6) is 0 Å². The van der Waals surface area contributed by atoms with Crippen LogP contribution in [0.25, 0.3) is 0 Å². The zero-order valence-corrected chi connectivity index (χ0v) is 16.0. The van der Waals surface area contributed by atoms with E-state index in [2.05, 4.69) is 59.3 Å². The normalized spacial score (nSPS) is 16.2. The summed E-state index contributed by atoms with van der Waals surface area (Å²) in [7, 11) is 0. The number of anilines is 3. The maximum atomic E-state index is 6.51. The van der Waals surface area contributed by atoms with Crippen LogP contribution in [0.4, 0.5) is 17.3 Å². The standard InChI is InChI=1S/C18H34N6/c1-6-22-7-9-23(10-8-22)17-16(19)18(21-13-20-17)24(11-14(2)3)12-15(4)5/h13-15H,6-12,19H2,1-5H3. The minimum absolute atomic E-state index is 0.565. The third-order valence-electron chi connectivity index (χ3n) is 4.43. The molecule has 0 atom stereocenters. The molecule has 0 bridgehead atoms. The molecule has 2 rings (SSSR count). The smallest absolute Gasteiger partial charge is 0.157 e. The largest absolute Gasteiger partial charge is 0.393 e. The van der Waals surface area contributed by atoms with Crippen molar-refractivity contribution in [1.82, 2.24) is 14.9 Å². The Morgan fingerprint density at radius 3 is 2.12 bits per heavy atom. The lowest BCUT2D eigenvalue weighted by molar-refractivity contribution is 0.270. The molecule has 24 heavy (non-hydrogen) atoms. The molecular formula is C18H34N6. The molecule has 1 aromatic rings. The molecule has 2 N–H and O–H groups in total. The fourth-order valence-corrected chi connectivity index (χ4v) is 3.29. The van der Waals surface area contributed by atoms with Crippen LogP contribution < -0.4 is 15.5 Å². The first-order chi connectivity index (χ1) is 11.4. The Balaban J connectivity index is 2.22. The van der Waals surface area contributed by atoms with Gasteiger partial charge in [0.15, 0.2) is 11.6 Å². The van der Waals surface area contributed by atoms with E-state index < -0.39 is 0 Å². The van der Waals surface area contributed by atoms with Crippen LogP contribution in [0.1, 0.15) is 34.6 Å². The van der Waals surface area contributed by atoms with Gasteiger partial charge in [-0.1, -0.05) is 34.6 Å². The molecule has 0 amide bonds. The minimum Gasteiger partial charge on any atom is -0.393 e. The highest BCUT2D eigenvalue weighted by molar-refractivity contribution is 5.75. The average molecular weight is 335 g/mol. The van der Waals surface area contributed by atoms with Crippen LogP contribution >= 0.6 is 0 Å². The summed E-state index contributed by atoms with van der Waals surface area (Å²) in [4.78, 5) is 16.1. The fourth-order valence-electron chi connectivity index (χ4n) is 3.29. The third-order valence-corrected chi connectivity index (χ3v) is 4.43. The summed E-state index contributed by atoms with van der Waals surface area (Å²) in [6.45, 7) is 18.2. The van der Waals surface area contributed by atoms with Gasteiger partial charge in [0, 0.05) is 39.3 Å². The van der Waals surface area contributed by atoms with Gasteiger partial charge in [-0.3, -0.25) is 0 Å². The first-order valence-electron chi connectivity index (χ1n) is 9.25. The maximum absolute atomic E-state index is 6.51. The van der Waals surface area contributed by atoms with Gasteiger partial charge in [0.25, 0.3) is 0 Å². The second-order valence-electron chi connectivity index (χ2n) is 7.55. The third kappa shape index (κ3) is 4.72. The SMILES string of the molecule is CCN1CCN(c2ncnc(N(CC(C)C)CC(C)C)c2N)CC1. The summed E-state index contributed by atoms with van der Waals surface area (Å²) in [6.07, 6.45) is 1.67. The first-order valence-corrected chi connectivity index (χ1v) is 9.25. The van der Waals surface area contributed by atoms with E-state index in [1.165, 1.54) is 0 Å². The molecule has 0 aliphatic carbocycles. The Hall–Kier alpha value is -1.56. The van der Waals surface area contributed by atoms with Gasteiger partial charge in [0.2, 0.25) is 0 Å². The molecule has 1 fully saturated rings. The second-order valence-corrected chi connectivity index (χ2v) is 7.55. The van der Waals surface area contributed by atoms with Gasteiger partial charge in [-0.25, -0.2) is 9.97 Å². The van der Waals surface area contributed by atoms with Crippen molar-refractivity contribution in [2.75, 3.05) is 61.3 Å². The first kappa shape index (κ1) is 18.8. The van der Waals surface area contributed by atoms with Crippen LogP contribution in [0.15, 0.2) is 6.33 Å². The summed E-state index contributed by atoms with van der Waals surface area (Å²) in [5.41, 5.74) is 7.24. The van der Waals surface area contributed by atoms with Crippen molar-refractivity contribution in [3.05, 3.63) is 6.33 Å². The molecule has 0 aromatic carbocycles. The van der Waals surface area contributed by atoms with Crippen LogP contribution in [-0.2, 0) is 0 Å². The van der Waals surface area contributed by atoms with Gasteiger partial charge < -0.3 is 20.4 Å². The van der Waals surface area contributed by atoms with Crippen molar-refractivity contribution in [2.45, 2.75) is 34.6 Å². The molecule has 0 saturated carbocycles. The van der Waals surface area contributed by atoms with Crippen molar-refractivity contribution in [1.29, 1.82) is 0 Å². The van der Waals surface area contributed by atoms with Gasteiger partial charge in [-0.05, 0) is 18.4 Å². The number of hydrogen-bond donors (Lipinski definition) is 1. The number of piperazine rings is 1. The molecule has 2 heterocycles.